The van der Waals surface area contributed by atoms with Crippen LogP contribution in [0.15, 0.2) is 54.6 Å². The van der Waals surface area contributed by atoms with Crippen LogP contribution in [-0.4, -0.2) is 35.7 Å². The van der Waals surface area contributed by atoms with E-state index in [2.05, 4.69) is 60.5 Å². The molecule has 0 radical (unpaired) electrons. The predicted octanol–water partition coefficient (Wildman–Crippen LogP) is 3.70. The van der Waals surface area contributed by atoms with Gasteiger partial charge in [-0.2, -0.15) is 0 Å². The third-order valence-electron chi connectivity index (χ3n) is 6.50. The molecule has 0 amide bonds. The van der Waals surface area contributed by atoms with E-state index in [-0.39, 0.29) is 5.41 Å². The van der Waals surface area contributed by atoms with Gasteiger partial charge in [0.2, 0.25) is 0 Å². The minimum absolute atomic E-state index is 0.112. The number of rotatable bonds is 2. The van der Waals surface area contributed by atoms with E-state index in [1.807, 2.05) is 12.1 Å². The Bertz CT molecular complexity index is 732. The second-order valence-electron chi connectivity index (χ2n) is 8.05. The molecule has 3 nitrogen and oxygen atoms in total. The lowest BCUT2D eigenvalue weighted by Crippen LogP contribution is -2.60. The maximum Gasteiger partial charge on any atom is 0.115 e. The molecule has 0 aromatic heterocycles. The number of hydrogen-bond acceptors (Lipinski definition) is 3. The fourth-order valence-corrected chi connectivity index (χ4v) is 4.70. The summed E-state index contributed by atoms with van der Waals surface area (Å²) in [6, 6.07) is 19.6. The molecule has 0 aliphatic carbocycles. The molecule has 2 aliphatic heterocycles. The minimum Gasteiger partial charge on any atom is -0.508 e. The van der Waals surface area contributed by atoms with E-state index in [9.17, 15) is 5.11 Å². The van der Waals surface area contributed by atoms with Crippen molar-refractivity contribution in [2.75, 3.05) is 19.6 Å². The van der Waals surface area contributed by atoms with Gasteiger partial charge in [-0.05, 0) is 41.0 Å². The number of aromatic hydroxyl groups is 1. The predicted molar refractivity (Wildman–Crippen MR) is 102 cm³/mol. The maximum absolute atomic E-state index is 9.91. The van der Waals surface area contributed by atoms with Crippen LogP contribution in [0, 0.1) is 5.92 Å². The van der Waals surface area contributed by atoms with Crippen LogP contribution in [0.1, 0.15) is 37.4 Å². The van der Waals surface area contributed by atoms with E-state index in [1.165, 1.54) is 11.1 Å². The molecule has 0 spiro atoms. The van der Waals surface area contributed by atoms with Gasteiger partial charge in [-0.25, -0.2) is 0 Å². The molecular weight excluding hydrogens is 308 g/mol. The summed E-state index contributed by atoms with van der Waals surface area (Å²) >= 11 is 0. The van der Waals surface area contributed by atoms with Gasteiger partial charge in [-0.15, -0.1) is 0 Å². The molecule has 4 atom stereocenters. The highest BCUT2D eigenvalue weighted by atomic mass is 16.3. The molecule has 2 N–H and O–H groups in total. The fraction of sp³-hybridized carbons (Fsp3) is 0.455. The minimum atomic E-state index is 0.112. The Hall–Kier alpha value is -1.84. The van der Waals surface area contributed by atoms with Crippen molar-refractivity contribution in [3.8, 4) is 5.75 Å². The zero-order chi connectivity index (χ0) is 17.4. The van der Waals surface area contributed by atoms with Gasteiger partial charge in [0.05, 0.1) is 0 Å². The topological polar surface area (TPSA) is 35.5 Å². The van der Waals surface area contributed by atoms with Gasteiger partial charge in [0.25, 0.3) is 0 Å². The lowest BCUT2D eigenvalue weighted by molar-refractivity contribution is 0.0241. The first-order valence-corrected chi connectivity index (χ1v) is 9.38. The van der Waals surface area contributed by atoms with Gasteiger partial charge >= 0.3 is 0 Å². The summed E-state index contributed by atoms with van der Waals surface area (Å²) in [4.78, 5) is 2.67. The molecule has 0 saturated carbocycles. The molecule has 132 valence electrons. The first-order valence-electron chi connectivity index (χ1n) is 9.38. The third-order valence-corrected chi connectivity index (χ3v) is 6.50. The number of fused-ring (bicyclic) bond motifs is 1. The molecule has 2 aliphatic rings. The highest BCUT2D eigenvalue weighted by molar-refractivity contribution is 5.34. The van der Waals surface area contributed by atoms with Crippen LogP contribution in [0.5, 0.6) is 5.75 Å². The lowest BCUT2D eigenvalue weighted by Gasteiger charge is -2.53. The van der Waals surface area contributed by atoms with Gasteiger partial charge < -0.3 is 10.4 Å². The zero-order valence-electron chi connectivity index (χ0n) is 15.2. The lowest BCUT2D eigenvalue weighted by atomic mass is 9.65. The molecule has 0 bridgehead atoms. The Morgan fingerprint density at radius 3 is 2.64 bits per heavy atom. The summed E-state index contributed by atoms with van der Waals surface area (Å²) in [7, 11) is 0. The van der Waals surface area contributed by atoms with E-state index < -0.39 is 0 Å². The van der Waals surface area contributed by atoms with E-state index >= 15 is 0 Å². The second kappa shape index (κ2) is 6.47. The summed E-state index contributed by atoms with van der Waals surface area (Å²) in [5.41, 5.74) is 2.76. The van der Waals surface area contributed by atoms with Crippen molar-refractivity contribution in [1.82, 2.24) is 10.2 Å². The summed E-state index contributed by atoms with van der Waals surface area (Å²) in [6.07, 6.45) is 1.13. The number of phenolic OH excluding ortho intramolecular Hbond substituents is 1. The van der Waals surface area contributed by atoms with Gasteiger partial charge in [0, 0.05) is 31.7 Å². The quantitative estimate of drug-likeness (QED) is 0.878. The number of benzene rings is 2. The normalized spacial score (nSPS) is 33.0. The summed E-state index contributed by atoms with van der Waals surface area (Å²) in [5.74, 6) is 0.930. The molecule has 2 unspecified atom stereocenters. The molecule has 25 heavy (non-hydrogen) atoms. The van der Waals surface area contributed by atoms with E-state index in [0.717, 1.165) is 26.1 Å². The van der Waals surface area contributed by atoms with Crippen molar-refractivity contribution >= 4 is 0 Å². The standard InChI is InChI=1S/C22H28N2O/c1-16-14-24-15-21(17-7-4-3-5-8-17)23-13-19(24)12-22(16,2)18-9-6-10-20(25)11-18/h3-11,16,19,21,23,25H,12-15H2,1-2H3/t16?,19?,21-,22-/m1/s1. The summed E-state index contributed by atoms with van der Waals surface area (Å²) < 4.78 is 0. The van der Waals surface area contributed by atoms with Gasteiger partial charge in [0.1, 0.15) is 5.75 Å². The van der Waals surface area contributed by atoms with Crippen LogP contribution >= 0.6 is 0 Å². The number of piperazine rings is 1. The largest absolute Gasteiger partial charge is 0.508 e. The van der Waals surface area contributed by atoms with Crippen LogP contribution in [0.25, 0.3) is 0 Å². The average molecular weight is 336 g/mol. The fourth-order valence-electron chi connectivity index (χ4n) is 4.70. The highest BCUT2D eigenvalue weighted by Gasteiger charge is 2.44. The zero-order valence-corrected chi connectivity index (χ0v) is 15.2. The van der Waals surface area contributed by atoms with E-state index in [1.54, 1.807) is 6.07 Å². The van der Waals surface area contributed by atoms with Gasteiger partial charge in [-0.3, -0.25) is 4.90 Å². The molecular formula is C22H28N2O. The molecule has 2 fully saturated rings. The Balaban J connectivity index is 1.53. The Morgan fingerprint density at radius 2 is 1.88 bits per heavy atom. The van der Waals surface area contributed by atoms with Crippen molar-refractivity contribution in [3.05, 3.63) is 65.7 Å². The van der Waals surface area contributed by atoms with Crippen LogP contribution in [-0.2, 0) is 5.41 Å². The summed E-state index contributed by atoms with van der Waals surface area (Å²) in [5, 5.41) is 13.7. The summed E-state index contributed by atoms with van der Waals surface area (Å²) in [6.45, 7) is 7.95. The number of phenols is 1. The Labute approximate surface area is 150 Å². The number of piperidine rings is 1. The van der Waals surface area contributed by atoms with Gasteiger partial charge in [0.15, 0.2) is 0 Å². The van der Waals surface area contributed by atoms with E-state index in [0.29, 0.717) is 23.8 Å². The smallest absolute Gasteiger partial charge is 0.115 e. The third kappa shape index (κ3) is 3.07. The average Bonchev–Trinajstić information content (AvgIpc) is 2.63. The first-order chi connectivity index (χ1) is 12.1. The molecule has 2 aromatic rings. The molecule has 2 saturated heterocycles. The molecule has 3 heteroatoms. The van der Waals surface area contributed by atoms with Crippen molar-refractivity contribution in [2.45, 2.75) is 37.8 Å². The second-order valence-corrected chi connectivity index (χ2v) is 8.05. The molecule has 2 heterocycles. The number of nitrogens with zero attached hydrogens (tertiary/aromatic N) is 1. The van der Waals surface area contributed by atoms with Crippen molar-refractivity contribution in [3.63, 3.8) is 0 Å². The van der Waals surface area contributed by atoms with Crippen LogP contribution in [0.3, 0.4) is 0 Å². The number of nitrogens with one attached hydrogen (secondary N) is 1. The van der Waals surface area contributed by atoms with Gasteiger partial charge in [-0.1, -0.05) is 56.3 Å². The van der Waals surface area contributed by atoms with Crippen LogP contribution in [0.2, 0.25) is 0 Å². The first kappa shape index (κ1) is 16.6. The highest BCUT2D eigenvalue weighted by Crippen LogP contribution is 2.43. The SMILES string of the molecule is CC1CN2C[C@H](c3ccccc3)NCC2C[C@@]1(C)c1cccc(O)c1. The van der Waals surface area contributed by atoms with Crippen LogP contribution in [0.4, 0.5) is 0 Å². The Morgan fingerprint density at radius 1 is 1.08 bits per heavy atom. The van der Waals surface area contributed by atoms with E-state index in [4.69, 9.17) is 0 Å². The van der Waals surface area contributed by atoms with Crippen molar-refractivity contribution in [1.29, 1.82) is 0 Å². The molecule has 2 aromatic carbocycles. The maximum atomic E-state index is 9.91. The Kier molecular flexibility index (Phi) is 4.30. The van der Waals surface area contributed by atoms with Crippen molar-refractivity contribution in [2.24, 2.45) is 5.92 Å². The number of hydrogen-bond donors (Lipinski definition) is 2. The molecule has 4 rings (SSSR count). The van der Waals surface area contributed by atoms with Crippen molar-refractivity contribution < 1.29 is 5.11 Å². The monoisotopic (exact) mass is 336 g/mol. The van der Waals surface area contributed by atoms with Crippen LogP contribution < -0.4 is 5.32 Å².